The van der Waals surface area contributed by atoms with E-state index in [1.807, 2.05) is 12.1 Å². The lowest BCUT2D eigenvalue weighted by Gasteiger charge is -2.23. The summed E-state index contributed by atoms with van der Waals surface area (Å²) in [5, 5.41) is 13.6. The minimum Gasteiger partial charge on any atom is -0.391 e. The van der Waals surface area contributed by atoms with Crippen molar-refractivity contribution >= 4 is 35.0 Å². The number of amides is 2. The van der Waals surface area contributed by atoms with Gasteiger partial charge in [0.2, 0.25) is 5.91 Å². The predicted molar refractivity (Wildman–Crippen MR) is 98.0 cm³/mol. The average Bonchev–Trinajstić information content (AvgIpc) is 3.02. The number of aliphatic hydroxyl groups excluding tert-OH is 1. The van der Waals surface area contributed by atoms with Crippen LogP contribution in [0.25, 0.3) is 0 Å². The van der Waals surface area contributed by atoms with Crippen molar-refractivity contribution in [1.29, 1.82) is 0 Å². The van der Waals surface area contributed by atoms with Gasteiger partial charge in [0.1, 0.15) is 11.2 Å². The van der Waals surface area contributed by atoms with Crippen LogP contribution in [0.5, 0.6) is 0 Å². The molecule has 6 nitrogen and oxygen atoms in total. The van der Waals surface area contributed by atoms with E-state index in [-0.39, 0.29) is 29.9 Å². The first-order chi connectivity index (χ1) is 12.4. The zero-order chi connectivity index (χ0) is 18.7. The highest BCUT2D eigenvalue weighted by Crippen LogP contribution is 2.22. The number of likely N-dealkylation sites (tertiary alicyclic amines) is 1. The van der Waals surface area contributed by atoms with E-state index < -0.39 is 12.1 Å². The minimum absolute atomic E-state index is 0.0950. The van der Waals surface area contributed by atoms with E-state index in [4.69, 9.17) is 23.2 Å². The molecule has 8 heteroatoms. The number of aliphatic hydroxyl groups is 1. The Hall–Kier alpha value is -2.15. The smallest absolute Gasteiger partial charge is 0.254 e. The molecule has 0 aliphatic carbocycles. The van der Waals surface area contributed by atoms with Crippen LogP contribution >= 0.6 is 23.2 Å². The Bertz CT molecular complexity index is 814. The number of β-amino-alcohol motifs (C(OH)–C–C–N with tert-alkyl or cyclic N) is 1. The van der Waals surface area contributed by atoms with Gasteiger partial charge in [0.25, 0.3) is 5.91 Å². The molecule has 0 radical (unpaired) electrons. The Labute approximate surface area is 160 Å². The van der Waals surface area contributed by atoms with Crippen molar-refractivity contribution in [2.45, 2.75) is 25.1 Å². The molecule has 26 heavy (non-hydrogen) atoms. The van der Waals surface area contributed by atoms with E-state index in [9.17, 15) is 14.7 Å². The van der Waals surface area contributed by atoms with Crippen LogP contribution in [0, 0.1) is 0 Å². The van der Waals surface area contributed by atoms with Gasteiger partial charge >= 0.3 is 0 Å². The number of nitrogens with one attached hydrogen (secondary N) is 1. The monoisotopic (exact) mass is 393 g/mol. The van der Waals surface area contributed by atoms with Crippen molar-refractivity contribution in [3.63, 3.8) is 0 Å². The van der Waals surface area contributed by atoms with Crippen molar-refractivity contribution in [2.75, 3.05) is 6.54 Å². The van der Waals surface area contributed by atoms with E-state index in [0.717, 1.165) is 5.56 Å². The molecular weight excluding hydrogens is 377 g/mol. The maximum atomic E-state index is 12.7. The molecule has 0 spiro atoms. The van der Waals surface area contributed by atoms with Gasteiger partial charge < -0.3 is 15.3 Å². The van der Waals surface area contributed by atoms with Gasteiger partial charge in [-0.05, 0) is 29.8 Å². The van der Waals surface area contributed by atoms with Crippen LogP contribution in [0.2, 0.25) is 10.2 Å². The largest absolute Gasteiger partial charge is 0.391 e. The van der Waals surface area contributed by atoms with Gasteiger partial charge in [-0.25, -0.2) is 4.98 Å². The maximum absolute atomic E-state index is 12.7. The molecule has 2 atom stereocenters. The average molecular weight is 394 g/mol. The second kappa shape index (κ2) is 8.03. The summed E-state index contributed by atoms with van der Waals surface area (Å²) in [5.41, 5.74) is 1.22. The fourth-order valence-corrected chi connectivity index (χ4v) is 3.20. The minimum atomic E-state index is -0.748. The lowest BCUT2D eigenvalue weighted by atomic mass is 10.1. The molecular formula is C18H17Cl2N3O3. The Kier molecular flexibility index (Phi) is 5.76. The molecule has 2 heterocycles. The molecule has 1 aliphatic rings. The predicted octanol–water partition coefficient (Wildman–Crippen LogP) is 2.28. The number of halogens is 2. The Morgan fingerprint density at radius 3 is 2.65 bits per heavy atom. The molecule has 2 N–H and O–H groups in total. The van der Waals surface area contributed by atoms with Gasteiger partial charge in [-0.1, -0.05) is 35.3 Å². The third-order valence-electron chi connectivity index (χ3n) is 4.20. The summed E-state index contributed by atoms with van der Waals surface area (Å²) in [6, 6.07) is 9.34. The van der Waals surface area contributed by atoms with Crippen molar-refractivity contribution in [1.82, 2.24) is 15.2 Å². The zero-order valence-corrected chi connectivity index (χ0v) is 15.2. The number of pyridine rings is 1. The van der Waals surface area contributed by atoms with E-state index in [0.29, 0.717) is 17.1 Å². The summed E-state index contributed by atoms with van der Waals surface area (Å²) in [6.07, 6.45) is 0.872. The Morgan fingerprint density at radius 2 is 1.96 bits per heavy atom. The van der Waals surface area contributed by atoms with E-state index in [2.05, 4.69) is 10.3 Å². The first-order valence-corrected chi connectivity index (χ1v) is 8.82. The summed E-state index contributed by atoms with van der Waals surface area (Å²) in [7, 11) is 0. The quantitative estimate of drug-likeness (QED) is 0.780. The highest BCUT2D eigenvalue weighted by atomic mass is 35.5. The topological polar surface area (TPSA) is 82.5 Å². The number of carbonyl (C=O) groups excluding carboxylic acids is 2. The molecule has 1 saturated heterocycles. The lowest BCUT2D eigenvalue weighted by molar-refractivity contribution is -0.125. The number of aromatic nitrogens is 1. The highest BCUT2D eigenvalue weighted by molar-refractivity contribution is 6.30. The van der Waals surface area contributed by atoms with Crippen LogP contribution in [0.1, 0.15) is 22.3 Å². The third-order valence-corrected chi connectivity index (χ3v) is 4.65. The molecule has 0 unspecified atom stereocenters. The van der Waals surface area contributed by atoms with Crippen molar-refractivity contribution < 1.29 is 14.7 Å². The summed E-state index contributed by atoms with van der Waals surface area (Å²) < 4.78 is 0. The second-order valence-corrected chi connectivity index (χ2v) is 6.90. The molecule has 1 aromatic heterocycles. The Balaban J connectivity index is 1.69. The summed E-state index contributed by atoms with van der Waals surface area (Å²) in [4.78, 5) is 30.5. The van der Waals surface area contributed by atoms with E-state index >= 15 is 0 Å². The van der Waals surface area contributed by atoms with Crippen LogP contribution in [-0.4, -0.2) is 45.5 Å². The van der Waals surface area contributed by atoms with Gasteiger partial charge in [-0.3, -0.25) is 9.59 Å². The van der Waals surface area contributed by atoms with Gasteiger partial charge in [-0.15, -0.1) is 0 Å². The summed E-state index contributed by atoms with van der Waals surface area (Å²) >= 11 is 11.7. The van der Waals surface area contributed by atoms with Crippen molar-refractivity contribution in [2.24, 2.45) is 0 Å². The highest BCUT2D eigenvalue weighted by Gasteiger charge is 2.39. The number of benzene rings is 1. The second-order valence-electron chi connectivity index (χ2n) is 6.07. The van der Waals surface area contributed by atoms with E-state index in [1.165, 1.54) is 23.2 Å². The van der Waals surface area contributed by atoms with Crippen molar-refractivity contribution in [3.05, 3.63) is 63.9 Å². The number of hydrogen-bond donors (Lipinski definition) is 2. The molecule has 2 aromatic rings. The Morgan fingerprint density at radius 1 is 1.23 bits per heavy atom. The van der Waals surface area contributed by atoms with Crippen LogP contribution in [0.15, 0.2) is 42.6 Å². The number of nitrogens with zero attached hydrogens (tertiary/aromatic N) is 2. The van der Waals surface area contributed by atoms with Gasteiger partial charge in [-0.2, -0.15) is 0 Å². The summed E-state index contributed by atoms with van der Waals surface area (Å²) in [5.74, 6) is -0.678. The molecule has 136 valence electrons. The molecule has 1 aliphatic heterocycles. The maximum Gasteiger partial charge on any atom is 0.254 e. The fraction of sp³-hybridized carbons (Fsp3) is 0.278. The van der Waals surface area contributed by atoms with Crippen LogP contribution in [0.4, 0.5) is 0 Å². The molecule has 1 fully saturated rings. The first-order valence-electron chi connectivity index (χ1n) is 8.07. The standard InChI is InChI=1S/C18H17Cl2N3O3/c19-13-3-1-11(2-4-13)9-22-17(25)15-8-14(24)10-23(15)18(26)12-5-6-21-16(20)7-12/h1-7,14-15,24H,8-10H2,(H,22,25)/t14-,15+/m1/s1. The normalized spacial score (nSPS) is 19.4. The fourth-order valence-electron chi connectivity index (χ4n) is 2.90. The first kappa shape index (κ1) is 18.6. The summed E-state index contributed by atoms with van der Waals surface area (Å²) in [6.45, 7) is 0.406. The molecule has 2 amide bonds. The molecule has 1 aromatic carbocycles. The number of rotatable bonds is 4. The lowest BCUT2D eigenvalue weighted by Crippen LogP contribution is -2.45. The van der Waals surface area contributed by atoms with Crippen LogP contribution in [0.3, 0.4) is 0 Å². The van der Waals surface area contributed by atoms with E-state index in [1.54, 1.807) is 12.1 Å². The molecule has 0 bridgehead atoms. The van der Waals surface area contributed by atoms with Crippen molar-refractivity contribution in [3.8, 4) is 0 Å². The zero-order valence-electron chi connectivity index (χ0n) is 13.7. The van der Waals surface area contributed by atoms with Crippen LogP contribution in [-0.2, 0) is 11.3 Å². The van der Waals surface area contributed by atoms with Gasteiger partial charge in [0.05, 0.1) is 6.10 Å². The molecule has 3 rings (SSSR count). The number of carbonyl (C=O) groups is 2. The van der Waals surface area contributed by atoms with Gasteiger partial charge in [0, 0.05) is 36.3 Å². The SMILES string of the molecule is O=C(NCc1ccc(Cl)cc1)[C@@H]1C[C@@H](O)CN1C(=O)c1ccnc(Cl)c1. The van der Waals surface area contributed by atoms with Gasteiger partial charge in [0.15, 0.2) is 0 Å². The number of hydrogen-bond acceptors (Lipinski definition) is 4. The van der Waals surface area contributed by atoms with Crippen LogP contribution < -0.4 is 5.32 Å². The molecule has 0 saturated carbocycles. The third kappa shape index (κ3) is 4.33.